The van der Waals surface area contributed by atoms with Crippen LogP contribution in [0.3, 0.4) is 0 Å². The number of hydrogen-bond donors (Lipinski definition) is 1. The van der Waals surface area contributed by atoms with Crippen molar-refractivity contribution in [2.24, 2.45) is 0 Å². The van der Waals surface area contributed by atoms with E-state index in [9.17, 15) is 9.59 Å². The van der Waals surface area contributed by atoms with Gasteiger partial charge in [0.1, 0.15) is 5.01 Å². The quantitative estimate of drug-likeness (QED) is 0.687. The second kappa shape index (κ2) is 7.93. The number of aromatic nitrogens is 1. The number of carbonyl (C=O) groups excluding carboxylic acids is 2. The van der Waals surface area contributed by atoms with Crippen LogP contribution in [-0.4, -0.2) is 23.5 Å². The number of thiazole rings is 1. The van der Waals surface area contributed by atoms with E-state index in [1.165, 1.54) is 11.3 Å². The summed E-state index contributed by atoms with van der Waals surface area (Å²) in [5.74, 6) is -0.997. The zero-order chi connectivity index (χ0) is 18.5. The van der Waals surface area contributed by atoms with Gasteiger partial charge in [0.15, 0.2) is 12.3 Å². The molecule has 1 heterocycles. The molecule has 1 N–H and O–H groups in total. The zero-order valence-corrected chi connectivity index (χ0v) is 15.3. The van der Waals surface area contributed by atoms with Crippen molar-refractivity contribution in [3.05, 3.63) is 70.7 Å². The van der Waals surface area contributed by atoms with E-state index in [1.54, 1.807) is 5.38 Å². The van der Waals surface area contributed by atoms with Gasteiger partial charge in [-0.1, -0.05) is 48.0 Å². The second-order valence-electron chi connectivity index (χ2n) is 5.85. The minimum Gasteiger partial charge on any atom is -0.451 e. The summed E-state index contributed by atoms with van der Waals surface area (Å²) in [5.41, 5.74) is 3.91. The highest BCUT2D eigenvalue weighted by molar-refractivity contribution is 7.13. The first-order valence-electron chi connectivity index (χ1n) is 8.08. The number of hydrogen-bond acceptors (Lipinski definition) is 5. The number of amides is 1. The lowest BCUT2D eigenvalue weighted by Crippen LogP contribution is -2.21. The van der Waals surface area contributed by atoms with Crippen molar-refractivity contribution in [3.63, 3.8) is 0 Å². The van der Waals surface area contributed by atoms with Crippen LogP contribution in [0, 0.1) is 13.8 Å². The standard InChI is InChI=1S/C20H18N2O3S/c1-13-8-9-16(14(2)10-13)21-18(23)11-25-20(24)17-12-26-19(22-17)15-6-4-3-5-7-15/h3-10,12H,11H2,1-2H3,(H,21,23). The molecule has 0 aliphatic heterocycles. The highest BCUT2D eigenvalue weighted by Gasteiger charge is 2.15. The normalized spacial score (nSPS) is 10.4. The Hall–Kier alpha value is -2.99. The van der Waals surface area contributed by atoms with Crippen LogP contribution in [0.2, 0.25) is 0 Å². The van der Waals surface area contributed by atoms with E-state index in [1.807, 2.05) is 62.4 Å². The molecule has 0 saturated carbocycles. The average molecular weight is 366 g/mol. The van der Waals surface area contributed by atoms with Gasteiger partial charge in [-0.05, 0) is 25.5 Å². The van der Waals surface area contributed by atoms with E-state index in [4.69, 9.17) is 4.74 Å². The monoisotopic (exact) mass is 366 g/mol. The van der Waals surface area contributed by atoms with Gasteiger partial charge in [0.2, 0.25) is 0 Å². The third-order valence-corrected chi connectivity index (χ3v) is 4.62. The number of nitrogens with one attached hydrogen (secondary N) is 1. The molecule has 1 aromatic heterocycles. The molecule has 0 aliphatic carbocycles. The van der Waals surface area contributed by atoms with E-state index in [2.05, 4.69) is 10.3 Å². The number of anilines is 1. The molecule has 0 aliphatic rings. The molecule has 0 radical (unpaired) electrons. The maximum absolute atomic E-state index is 12.1. The second-order valence-corrected chi connectivity index (χ2v) is 6.70. The fourth-order valence-electron chi connectivity index (χ4n) is 2.43. The molecule has 6 heteroatoms. The molecule has 3 rings (SSSR count). The van der Waals surface area contributed by atoms with Crippen molar-refractivity contribution in [1.82, 2.24) is 4.98 Å². The Kier molecular flexibility index (Phi) is 5.43. The van der Waals surface area contributed by atoms with E-state index in [0.717, 1.165) is 21.7 Å². The van der Waals surface area contributed by atoms with Crippen molar-refractivity contribution in [3.8, 4) is 10.6 Å². The molecular weight excluding hydrogens is 348 g/mol. The Balaban J connectivity index is 1.57. The van der Waals surface area contributed by atoms with E-state index < -0.39 is 5.97 Å². The summed E-state index contributed by atoms with van der Waals surface area (Å²) in [6.45, 7) is 3.54. The SMILES string of the molecule is Cc1ccc(NC(=O)COC(=O)c2csc(-c3ccccc3)n2)c(C)c1. The molecule has 0 bridgehead atoms. The van der Waals surface area contributed by atoms with Crippen LogP contribution in [0.4, 0.5) is 5.69 Å². The lowest BCUT2D eigenvalue weighted by Gasteiger charge is -2.09. The Morgan fingerprint density at radius 3 is 2.62 bits per heavy atom. The summed E-state index contributed by atoms with van der Waals surface area (Å²) in [4.78, 5) is 28.4. The lowest BCUT2D eigenvalue weighted by molar-refractivity contribution is -0.119. The molecule has 0 atom stereocenters. The number of esters is 1. The first-order valence-corrected chi connectivity index (χ1v) is 8.96. The van der Waals surface area contributed by atoms with Crippen molar-refractivity contribution in [1.29, 1.82) is 0 Å². The summed E-state index contributed by atoms with van der Waals surface area (Å²) in [6, 6.07) is 15.3. The fraction of sp³-hybridized carbons (Fsp3) is 0.150. The lowest BCUT2D eigenvalue weighted by atomic mass is 10.1. The van der Waals surface area contributed by atoms with Crippen LogP contribution in [0.1, 0.15) is 21.6 Å². The Bertz CT molecular complexity index is 935. The van der Waals surface area contributed by atoms with Crippen molar-refractivity contribution in [2.45, 2.75) is 13.8 Å². The molecule has 0 spiro atoms. The third kappa shape index (κ3) is 4.34. The van der Waals surface area contributed by atoms with Gasteiger partial charge < -0.3 is 10.1 Å². The number of carbonyl (C=O) groups is 2. The summed E-state index contributed by atoms with van der Waals surface area (Å²) >= 11 is 1.36. The maximum atomic E-state index is 12.1. The summed E-state index contributed by atoms with van der Waals surface area (Å²) in [6.07, 6.45) is 0. The number of aryl methyl sites for hydroxylation is 2. The molecule has 0 fully saturated rings. The number of ether oxygens (including phenoxy) is 1. The number of benzene rings is 2. The van der Waals surface area contributed by atoms with Gasteiger partial charge in [-0.15, -0.1) is 11.3 Å². The van der Waals surface area contributed by atoms with Gasteiger partial charge in [-0.2, -0.15) is 0 Å². The van der Waals surface area contributed by atoms with Gasteiger partial charge in [0.05, 0.1) is 0 Å². The predicted octanol–water partition coefficient (Wildman–Crippen LogP) is 4.22. The van der Waals surface area contributed by atoms with Crippen LogP contribution in [0.5, 0.6) is 0 Å². The molecule has 2 aromatic carbocycles. The van der Waals surface area contributed by atoms with Gasteiger partial charge in [-0.3, -0.25) is 4.79 Å². The summed E-state index contributed by atoms with van der Waals surface area (Å²) in [5, 5.41) is 5.11. The molecule has 1 amide bonds. The Morgan fingerprint density at radius 2 is 1.88 bits per heavy atom. The fourth-order valence-corrected chi connectivity index (χ4v) is 3.22. The van der Waals surface area contributed by atoms with Crippen molar-refractivity contribution >= 4 is 28.9 Å². The first kappa shape index (κ1) is 17.8. The van der Waals surface area contributed by atoms with Gasteiger partial charge in [-0.25, -0.2) is 9.78 Å². The number of nitrogens with zero attached hydrogens (tertiary/aromatic N) is 1. The average Bonchev–Trinajstić information content (AvgIpc) is 3.13. The molecule has 0 saturated heterocycles. The van der Waals surface area contributed by atoms with Crippen LogP contribution in [-0.2, 0) is 9.53 Å². The molecule has 26 heavy (non-hydrogen) atoms. The van der Waals surface area contributed by atoms with Crippen molar-refractivity contribution in [2.75, 3.05) is 11.9 Å². The highest BCUT2D eigenvalue weighted by Crippen LogP contribution is 2.23. The largest absolute Gasteiger partial charge is 0.451 e. The van der Waals surface area contributed by atoms with Crippen LogP contribution in [0.15, 0.2) is 53.9 Å². The molecule has 132 valence electrons. The molecule has 0 unspecified atom stereocenters. The van der Waals surface area contributed by atoms with Gasteiger partial charge >= 0.3 is 5.97 Å². The molecule has 3 aromatic rings. The minimum absolute atomic E-state index is 0.202. The smallest absolute Gasteiger partial charge is 0.358 e. The zero-order valence-electron chi connectivity index (χ0n) is 14.5. The van der Waals surface area contributed by atoms with Gasteiger partial charge in [0, 0.05) is 16.6 Å². The van der Waals surface area contributed by atoms with Crippen LogP contribution in [0.25, 0.3) is 10.6 Å². The number of rotatable bonds is 5. The Morgan fingerprint density at radius 1 is 1.12 bits per heavy atom. The van der Waals surface area contributed by atoms with Crippen LogP contribution >= 0.6 is 11.3 Å². The van der Waals surface area contributed by atoms with E-state index in [-0.39, 0.29) is 18.2 Å². The van der Waals surface area contributed by atoms with Crippen LogP contribution < -0.4 is 5.32 Å². The van der Waals surface area contributed by atoms with E-state index >= 15 is 0 Å². The minimum atomic E-state index is -0.612. The topological polar surface area (TPSA) is 68.3 Å². The first-order chi connectivity index (χ1) is 12.5. The predicted molar refractivity (Wildman–Crippen MR) is 102 cm³/mol. The summed E-state index contributed by atoms with van der Waals surface area (Å²) in [7, 11) is 0. The van der Waals surface area contributed by atoms with Gasteiger partial charge in [0.25, 0.3) is 5.91 Å². The summed E-state index contributed by atoms with van der Waals surface area (Å²) < 4.78 is 5.07. The molecular formula is C20H18N2O3S. The maximum Gasteiger partial charge on any atom is 0.358 e. The third-order valence-electron chi connectivity index (χ3n) is 3.72. The van der Waals surface area contributed by atoms with E-state index in [0.29, 0.717) is 5.69 Å². The Labute approximate surface area is 155 Å². The highest BCUT2D eigenvalue weighted by atomic mass is 32.1. The molecule has 5 nitrogen and oxygen atoms in total. The van der Waals surface area contributed by atoms with Crippen molar-refractivity contribution < 1.29 is 14.3 Å².